The molecule has 0 spiro atoms. The zero-order valence-electron chi connectivity index (χ0n) is 20.4. The van der Waals surface area contributed by atoms with Gasteiger partial charge in [-0.2, -0.15) is 0 Å². The summed E-state index contributed by atoms with van der Waals surface area (Å²) in [6.45, 7) is 4.49. The van der Waals surface area contributed by atoms with E-state index in [4.69, 9.17) is 4.74 Å². The van der Waals surface area contributed by atoms with Crippen LogP contribution in [0.5, 0.6) is 5.75 Å². The molecule has 1 fully saturated rings. The van der Waals surface area contributed by atoms with Crippen molar-refractivity contribution in [3.05, 3.63) is 101 Å². The first-order valence-electron chi connectivity index (χ1n) is 12.1. The van der Waals surface area contributed by atoms with Gasteiger partial charge in [0.15, 0.2) is 0 Å². The second-order valence-electron chi connectivity index (χ2n) is 8.87. The Morgan fingerprint density at radius 3 is 2.44 bits per heavy atom. The molecule has 1 atom stereocenters. The molecule has 36 heavy (non-hydrogen) atoms. The number of halogens is 1. The molecule has 1 amide bonds. The van der Waals surface area contributed by atoms with E-state index in [-0.39, 0.29) is 17.7 Å². The van der Waals surface area contributed by atoms with Crippen LogP contribution in [-0.4, -0.2) is 33.3 Å². The number of amides is 1. The van der Waals surface area contributed by atoms with Crippen molar-refractivity contribution in [2.45, 2.75) is 45.7 Å². The number of ketones is 1. The van der Waals surface area contributed by atoms with Crippen LogP contribution in [-0.2, 0) is 16.1 Å². The number of aryl methyl sites for hydroxylation is 1. The second kappa shape index (κ2) is 11.2. The zero-order valence-corrected chi connectivity index (χ0v) is 20.4. The molecule has 6 nitrogen and oxygen atoms in total. The molecule has 1 aliphatic rings. The summed E-state index contributed by atoms with van der Waals surface area (Å²) in [6.07, 6.45) is 6.36. The molecule has 1 saturated heterocycles. The van der Waals surface area contributed by atoms with Gasteiger partial charge in [0.1, 0.15) is 17.3 Å². The lowest BCUT2D eigenvalue weighted by Crippen LogP contribution is -2.29. The van der Waals surface area contributed by atoms with E-state index in [1.54, 1.807) is 55.7 Å². The Morgan fingerprint density at radius 2 is 1.78 bits per heavy atom. The number of rotatable bonds is 9. The van der Waals surface area contributed by atoms with Gasteiger partial charge in [-0.25, -0.2) is 4.39 Å². The van der Waals surface area contributed by atoms with Gasteiger partial charge in [0, 0.05) is 24.5 Å². The summed E-state index contributed by atoms with van der Waals surface area (Å²) in [7, 11) is 0. The van der Waals surface area contributed by atoms with Crippen molar-refractivity contribution in [2.24, 2.45) is 0 Å². The van der Waals surface area contributed by atoms with Crippen LogP contribution in [0.1, 0.15) is 54.5 Å². The third kappa shape index (κ3) is 5.30. The molecule has 3 aromatic rings. The number of likely N-dealkylation sites (tertiary alicyclic amines) is 1. The van der Waals surface area contributed by atoms with E-state index in [0.717, 1.165) is 24.8 Å². The maximum absolute atomic E-state index is 14.3. The summed E-state index contributed by atoms with van der Waals surface area (Å²) in [5, 5.41) is 11.1. The number of aliphatic hydroxyl groups excluding tert-OH is 1. The predicted octanol–water partition coefficient (Wildman–Crippen LogP) is 5.72. The van der Waals surface area contributed by atoms with Gasteiger partial charge in [0.25, 0.3) is 11.7 Å². The lowest BCUT2D eigenvalue weighted by Gasteiger charge is -2.25. The Bertz CT molecular complexity index is 1270. The summed E-state index contributed by atoms with van der Waals surface area (Å²) < 4.78 is 20.1. The second-order valence-corrected chi connectivity index (χ2v) is 8.87. The van der Waals surface area contributed by atoms with E-state index in [2.05, 4.69) is 11.9 Å². The van der Waals surface area contributed by atoms with E-state index in [0.29, 0.717) is 23.5 Å². The predicted molar refractivity (Wildman–Crippen MR) is 135 cm³/mol. The quantitative estimate of drug-likeness (QED) is 0.180. The van der Waals surface area contributed by atoms with E-state index in [1.807, 2.05) is 0 Å². The summed E-state index contributed by atoms with van der Waals surface area (Å²) in [5.74, 6) is -1.78. The first-order chi connectivity index (χ1) is 17.4. The molecule has 0 bridgehead atoms. The molecule has 2 aromatic carbocycles. The van der Waals surface area contributed by atoms with Crippen molar-refractivity contribution in [1.29, 1.82) is 0 Å². The first kappa shape index (κ1) is 25.1. The maximum atomic E-state index is 14.3. The highest BCUT2D eigenvalue weighted by atomic mass is 19.1. The topological polar surface area (TPSA) is 79.7 Å². The number of hydrogen-bond donors (Lipinski definition) is 1. The highest BCUT2D eigenvalue weighted by Crippen LogP contribution is 2.40. The average molecular weight is 489 g/mol. The Hall–Kier alpha value is -4.00. The highest BCUT2D eigenvalue weighted by molar-refractivity contribution is 6.46. The lowest BCUT2D eigenvalue weighted by molar-refractivity contribution is -0.140. The maximum Gasteiger partial charge on any atom is 0.295 e. The monoisotopic (exact) mass is 488 g/mol. The minimum atomic E-state index is -0.850. The van der Waals surface area contributed by atoms with Gasteiger partial charge in [-0.1, -0.05) is 44.0 Å². The number of ether oxygens (including phenoxy) is 1. The third-order valence-corrected chi connectivity index (χ3v) is 6.30. The largest absolute Gasteiger partial charge is 0.507 e. The van der Waals surface area contributed by atoms with Gasteiger partial charge in [0.05, 0.1) is 18.2 Å². The smallest absolute Gasteiger partial charge is 0.295 e. The fraction of sp³-hybridized carbons (Fsp3) is 0.276. The van der Waals surface area contributed by atoms with Crippen LogP contribution in [0.4, 0.5) is 4.39 Å². The van der Waals surface area contributed by atoms with Crippen molar-refractivity contribution in [1.82, 2.24) is 9.88 Å². The molecule has 1 unspecified atom stereocenters. The summed E-state index contributed by atoms with van der Waals surface area (Å²) in [5.41, 5.74) is 1.90. The van der Waals surface area contributed by atoms with E-state index < -0.39 is 29.3 Å². The van der Waals surface area contributed by atoms with Crippen LogP contribution in [0.3, 0.4) is 0 Å². The zero-order chi connectivity index (χ0) is 25.7. The van der Waals surface area contributed by atoms with E-state index in [1.165, 1.54) is 23.1 Å². The normalized spacial score (nSPS) is 17.0. The lowest BCUT2D eigenvalue weighted by atomic mass is 9.94. The summed E-state index contributed by atoms with van der Waals surface area (Å²) in [6, 6.07) is 14.1. The van der Waals surface area contributed by atoms with Gasteiger partial charge in [0.2, 0.25) is 0 Å². The van der Waals surface area contributed by atoms with Crippen molar-refractivity contribution >= 4 is 17.4 Å². The number of pyridine rings is 1. The Morgan fingerprint density at radius 1 is 1.06 bits per heavy atom. The number of carbonyl (C=O) groups excluding carboxylic acids is 2. The van der Waals surface area contributed by atoms with Crippen LogP contribution >= 0.6 is 0 Å². The van der Waals surface area contributed by atoms with E-state index in [9.17, 15) is 19.1 Å². The standard InChI is InChI=1S/C29H29FN2O4/c1-3-4-5-16-36-23-10-8-21(9-11-23)26-25(27(33)22-7-6-19(2)24(30)17-22)28(34)29(35)32(26)18-20-12-14-31-15-13-20/h6-15,17,26,33H,3-5,16,18H2,1-2H3/b27-25-. The Labute approximate surface area is 210 Å². The minimum absolute atomic E-state index is 0.0751. The minimum Gasteiger partial charge on any atom is -0.507 e. The molecule has 0 radical (unpaired) electrons. The van der Waals surface area contributed by atoms with Gasteiger partial charge >= 0.3 is 0 Å². The van der Waals surface area contributed by atoms with Crippen molar-refractivity contribution in [3.63, 3.8) is 0 Å². The van der Waals surface area contributed by atoms with Gasteiger partial charge in [-0.05, 0) is 60.4 Å². The van der Waals surface area contributed by atoms with Crippen LogP contribution < -0.4 is 4.74 Å². The van der Waals surface area contributed by atoms with Gasteiger partial charge < -0.3 is 14.7 Å². The number of unbranched alkanes of at least 4 members (excludes halogenated alkanes) is 2. The van der Waals surface area contributed by atoms with Crippen molar-refractivity contribution < 1.29 is 23.8 Å². The molecule has 0 aliphatic carbocycles. The van der Waals surface area contributed by atoms with Crippen LogP contribution in [0.25, 0.3) is 5.76 Å². The molecule has 1 aliphatic heterocycles. The average Bonchev–Trinajstić information content (AvgIpc) is 3.13. The number of aromatic nitrogens is 1. The third-order valence-electron chi connectivity index (χ3n) is 6.30. The SMILES string of the molecule is CCCCCOc1ccc(C2/C(=C(/O)c3ccc(C)c(F)c3)C(=O)C(=O)N2Cc2ccncc2)cc1. The van der Waals surface area contributed by atoms with Gasteiger partial charge in [-0.15, -0.1) is 0 Å². The summed E-state index contributed by atoms with van der Waals surface area (Å²) >= 11 is 0. The summed E-state index contributed by atoms with van der Waals surface area (Å²) in [4.78, 5) is 31.8. The van der Waals surface area contributed by atoms with Gasteiger partial charge in [-0.3, -0.25) is 14.6 Å². The molecule has 0 saturated carbocycles. The Balaban J connectivity index is 1.74. The molecule has 2 heterocycles. The highest BCUT2D eigenvalue weighted by Gasteiger charge is 2.46. The molecule has 7 heteroatoms. The molecular weight excluding hydrogens is 459 g/mol. The number of hydrogen-bond acceptors (Lipinski definition) is 5. The fourth-order valence-electron chi connectivity index (χ4n) is 4.26. The molecular formula is C29H29FN2O4. The molecule has 1 N–H and O–H groups in total. The number of nitrogens with zero attached hydrogens (tertiary/aromatic N) is 2. The molecule has 186 valence electrons. The van der Waals surface area contributed by atoms with Crippen LogP contribution in [0, 0.1) is 12.7 Å². The first-order valence-corrected chi connectivity index (χ1v) is 12.1. The fourth-order valence-corrected chi connectivity index (χ4v) is 4.26. The van der Waals surface area contributed by atoms with Crippen LogP contribution in [0.15, 0.2) is 72.6 Å². The number of Topliss-reactive ketones (excluding diaryl/α,β-unsaturated/α-hetero) is 1. The van der Waals surface area contributed by atoms with Crippen molar-refractivity contribution in [2.75, 3.05) is 6.61 Å². The number of benzene rings is 2. The molecule has 1 aromatic heterocycles. The molecule has 4 rings (SSSR count). The number of carbonyl (C=O) groups is 2. The van der Waals surface area contributed by atoms with Crippen molar-refractivity contribution in [3.8, 4) is 5.75 Å². The Kier molecular flexibility index (Phi) is 7.78. The number of aliphatic hydroxyl groups is 1. The van der Waals surface area contributed by atoms with E-state index >= 15 is 0 Å². The van der Waals surface area contributed by atoms with Crippen LogP contribution in [0.2, 0.25) is 0 Å².